The first-order chi connectivity index (χ1) is 9.67. The molecule has 4 heteroatoms. The molecule has 4 nitrogen and oxygen atoms in total. The molecule has 0 radical (unpaired) electrons. The van der Waals surface area contributed by atoms with E-state index in [2.05, 4.69) is 4.98 Å². The highest BCUT2D eigenvalue weighted by Gasteiger charge is 2.25. The zero-order valence-electron chi connectivity index (χ0n) is 11.7. The number of carbonyl (C=O) groups excluding carboxylic acids is 1. The molecule has 1 fully saturated rings. The number of hydrogen-bond acceptors (Lipinski definition) is 4. The molecule has 0 atom stereocenters. The van der Waals surface area contributed by atoms with Gasteiger partial charge in [0.05, 0.1) is 18.3 Å². The van der Waals surface area contributed by atoms with Crippen molar-refractivity contribution in [2.24, 2.45) is 0 Å². The third-order valence-corrected chi connectivity index (χ3v) is 3.23. The Labute approximate surface area is 117 Å². The van der Waals surface area contributed by atoms with E-state index in [-0.39, 0.29) is 12.1 Å². The Morgan fingerprint density at radius 2 is 2.15 bits per heavy atom. The fourth-order valence-corrected chi connectivity index (χ4v) is 2.09. The molecule has 0 N–H and O–H groups in total. The highest BCUT2D eigenvalue weighted by Crippen LogP contribution is 2.32. The normalized spacial score (nSPS) is 14.3. The van der Waals surface area contributed by atoms with Crippen molar-refractivity contribution >= 4 is 16.9 Å². The third-order valence-electron chi connectivity index (χ3n) is 3.23. The van der Waals surface area contributed by atoms with Gasteiger partial charge in [-0.1, -0.05) is 6.07 Å². The summed E-state index contributed by atoms with van der Waals surface area (Å²) in [5, 5.41) is 0.900. The van der Waals surface area contributed by atoms with Crippen molar-refractivity contribution in [2.75, 3.05) is 6.61 Å². The highest BCUT2D eigenvalue weighted by atomic mass is 16.5. The highest BCUT2D eigenvalue weighted by molar-refractivity contribution is 5.97. The Morgan fingerprint density at radius 1 is 1.35 bits per heavy atom. The quantitative estimate of drug-likeness (QED) is 0.801. The number of nitrogens with zero attached hydrogens (tertiary/aromatic N) is 1. The lowest BCUT2D eigenvalue weighted by Crippen LogP contribution is -2.06. The lowest BCUT2D eigenvalue weighted by Gasteiger charge is -2.11. The average Bonchev–Trinajstić information content (AvgIpc) is 3.23. The van der Waals surface area contributed by atoms with Crippen LogP contribution in [0.3, 0.4) is 0 Å². The monoisotopic (exact) mass is 271 g/mol. The summed E-state index contributed by atoms with van der Waals surface area (Å²) in [6.07, 6.45) is 2.39. The van der Waals surface area contributed by atoms with Gasteiger partial charge in [-0.05, 0) is 44.9 Å². The van der Waals surface area contributed by atoms with Crippen molar-refractivity contribution in [1.82, 2.24) is 4.98 Å². The van der Waals surface area contributed by atoms with Gasteiger partial charge in [0.15, 0.2) is 0 Å². The van der Waals surface area contributed by atoms with Crippen molar-refractivity contribution in [2.45, 2.75) is 32.8 Å². The molecule has 0 bridgehead atoms. The number of ether oxygens (including phenoxy) is 2. The number of pyridine rings is 1. The number of esters is 1. The van der Waals surface area contributed by atoms with Crippen molar-refractivity contribution in [3.8, 4) is 5.75 Å². The number of aryl methyl sites for hydroxylation is 1. The minimum Gasteiger partial charge on any atom is -0.488 e. The van der Waals surface area contributed by atoms with Gasteiger partial charge in [-0.3, -0.25) is 0 Å². The van der Waals surface area contributed by atoms with Gasteiger partial charge in [-0.25, -0.2) is 9.78 Å². The molecular weight excluding hydrogens is 254 g/mol. The standard InChI is InChI=1S/C16H17NO3/c1-3-19-16(18)12-8-11-5-4-10(2)17-15(11)14(9-12)20-13-6-7-13/h4-5,8-9,13H,3,6-7H2,1-2H3. The van der Waals surface area contributed by atoms with Gasteiger partial charge in [0.1, 0.15) is 11.3 Å². The fourth-order valence-electron chi connectivity index (χ4n) is 2.09. The van der Waals surface area contributed by atoms with Crippen LogP contribution in [-0.2, 0) is 4.74 Å². The number of fused-ring (bicyclic) bond motifs is 1. The number of benzene rings is 1. The van der Waals surface area contributed by atoms with E-state index in [9.17, 15) is 4.79 Å². The van der Waals surface area contributed by atoms with E-state index in [1.807, 2.05) is 19.1 Å². The van der Waals surface area contributed by atoms with Crippen LogP contribution < -0.4 is 4.74 Å². The van der Waals surface area contributed by atoms with Crippen molar-refractivity contribution in [1.29, 1.82) is 0 Å². The molecular formula is C16H17NO3. The molecule has 0 aliphatic heterocycles. The maximum atomic E-state index is 11.9. The maximum absolute atomic E-state index is 11.9. The summed E-state index contributed by atoms with van der Waals surface area (Å²) >= 11 is 0. The van der Waals surface area contributed by atoms with Crippen molar-refractivity contribution in [3.63, 3.8) is 0 Å². The van der Waals surface area contributed by atoms with Gasteiger partial charge >= 0.3 is 5.97 Å². The van der Waals surface area contributed by atoms with Gasteiger partial charge in [0, 0.05) is 11.1 Å². The van der Waals surface area contributed by atoms with E-state index >= 15 is 0 Å². The largest absolute Gasteiger partial charge is 0.488 e. The van der Waals surface area contributed by atoms with Gasteiger partial charge in [0.2, 0.25) is 0 Å². The molecule has 1 aliphatic rings. The number of aromatic nitrogens is 1. The third kappa shape index (κ3) is 2.59. The Hall–Kier alpha value is -2.10. The van der Waals surface area contributed by atoms with Crippen LogP contribution in [0.25, 0.3) is 10.9 Å². The summed E-state index contributed by atoms with van der Waals surface area (Å²) in [6.45, 7) is 4.10. The van der Waals surface area contributed by atoms with Gasteiger partial charge < -0.3 is 9.47 Å². The SMILES string of the molecule is CCOC(=O)c1cc(OC2CC2)c2nc(C)ccc2c1. The van der Waals surface area contributed by atoms with Gasteiger partial charge in [-0.2, -0.15) is 0 Å². The summed E-state index contributed by atoms with van der Waals surface area (Å²) in [5.74, 6) is 0.354. The Kier molecular flexibility index (Phi) is 3.30. The average molecular weight is 271 g/mol. The van der Waals surface area contributed by atoms with E-state index in [1.165, 1.54) is 0 Å². The van der Waals surface area contributed by atoms with E-state index in [0.717, 1.165) is 29.4 Å². The molecule has 3 rings (SSSR count). The lowest BCUT2D eigenvalue weighted by atomic mass is 10.1. The second kappa shape index (κ2) is 5.12. The minimum atomic E-state index is -0.323. The summed E-state index contributed by atoms with van der Waals surface area (Å²) in [4.78, 5) is 16.4. The van der Waals surface area contributed by atoms with Crippen LogP contribution in [-0.4, -0.2) is 23.7 Å². The maximum Gasteiger partial charge on any atom is 0.338 e. The first-order valence-corrected chi connectivity index (χ1v) is 6.92. The first kappa shape index (κ1) is 12.9. The van der Waals surface area contributed by atoms with Crippen LogP contribution >= 0.6 is 0 Å². The summed E-state index contributed by atoms with van der Waals surface area (Å²) in [5.41, 5.74) is 2.26. The molecule has 1 aromatic heterocycles. The van der Waals surface area contributed by atoms with E-state index in [0.29, 0.717) is 17.9 Å². The molecule has 0 spiro atoms. The molecule has 0 unspecified atom stereocenters. The Morgan fingerprint density at radius 3 is 2.85 bits per heavy atom. The zero-order valence-corrected chi connectivity index (χ0v) is 11.7. The lowest BCUT2D eigenvalue weighted by molar-refractivity contribution is 0.0526. The van der Waals surface area contributed by atoms with Crippen LogP contribution in [0, 0.1) is 6.92 Å². The van der Waals surface area contributed by atoms with Crippen LogP contribution in [0.1, 0.15) is 35.8 Å². The summed E-state index contributed by atoms with van der Waals surface area (Å²) in [7, 11) is 0. The number of hydrogen-bond donors (Lipinski definition) is 0. The molecule has 1 saturated carbocycles. The predicted octanol–water partition coefficient (Wildman–Crippen LogP) is 3.26. The van der Waals surface area contributed by atoms with E-state index in [1.54, 1.807) is 19.1 Å². The topological polar surface area (TPSA) is 48.4 Å². The number of carbonyl (C=O) groups is 1. The minimum absolute atomic E-state index is 0.262. The molecule has 1 aliphatic carbocycles. The van der Waals surface area contributed by atoms with Gasteiger partial charge in [0.25, 0.3) is 0 Å². The zero-order chi connectivity index (χ0) is 14.1. The molecule has 1 heterocycles. The summed E-state index contributed by atoms with van der Waals surface area (Å²) < 4.78 is 11.0. The Balaban J connectivity index is 2.09. The first-order valence-electron chi connectivity index (χ1n) is 6.92. The second-order valence-corrected chi connectivity index (χ2v) is 5.04. The van der Waals surface area contributed by atoms with Gasteiger partial charge in [-0.15, -0.1) is 0 Å². The van der Waals surface area contributed by atoms with Crippen LogP contribution in [0.15, 0.2) is 24.3 Å². The smallest absolute Gasteiger partial charge is 0.338 e. The predicted molar refractivity (Wildman–Crippen MR) is 76.1 cm³/mol. The van der Waals surface area contributed by atoms with E-state index < -0.39 is 0 Å². The molecule has 20 heavy (non-hydrogen) atoms. The fraction of sp³-hybridized carbons (Fsp3) is 0.375. The second-order valence-electron chi connectivity index (χ2n) is 5.04. The van der Waals surface area contributed by atoms with Crippen molar-refractivity contribution < 1.29 is 14.3 Å². The van der Waals surface area contributed by atoms with Crippen LogP contribution in [0.5, 0.6) is 5.75 Å². The molecule has 104 valence electrons. The van der Waals surface area contributed by atoms with Crippen molar-refractivity contribution in [3.05, 3.63) is 35.5 Å². The Bertz CT molecular complexity index is 662. The van der Waals surface area contributed by atoms with Crippen LogP contribution in [0.2, 0.25) is 0 Å². The van der Waals surface area contributed by atoms with Crippen LogP contribution in [0.4, 0.5) is 0 Å². The molecule has 0 saturated heterocycles. The summed E-state index contributed by atoms with van der Waals surface area (Å²) in [6, 6.07) is 7.43. The molecule has 0 amide bonds. The number of rotatable bonds is 4. The molecule has 2 aromatic rings. The van der Waals surface area contributed by atoms with E-state index in [4.69, 9.17) is 9.47 Å². The molecule has 1 aromatic carbocycles.